The molecule has 0 fully saturated rings. The lowest BCUT2D eigenvalue weighted by Gasteiger charge is -2.17. The average molecular weight is 282 g/mol. The predicted molar refractivity (Wildman–Crippen MR) is 74.4 cm³/mol. The summed E-state index contributed by atoms with van der Waals surface area (Å²) in [6, 6.07) is 3.14. The molecule has 1 unspecified atom stereocenters. The van der Waals surface area contributed by atoms with Crippen LogP contribution in [-0.4, -0.2) is 33.8 Å². The van der Waals surface area contributed by atoms with Crippen molar-refractivity contribution in [2.75, 3.05) is 5.75 Å². The van der Waals surface area contributed by atoms with Crippen LogP contribution >= 0.6 is 11.8 Å². The van der Waals surface area contributed by atoms with Crippen LogP contribution in [0.1, 0.15) is 31.1 Å². The number of amides is 1. The molecule has 0 bridgehead atoms. The molecule has 1 amide bonds. The van der Waals surface area contributed by atoms with Gasteiger partial charge in [-0.15, -0.1) is 0 Å². The molecule has 0 aliphatic carbocycles. The monoisotopic (exact) mass is 282 g/mol. The minimum Gasteiger partial charge on any atom is -0.478 e. The number of hydrogen-bond donors (Lipinski definition) is 2. The summed E-state index contributed by atoms with van der Waals surface area (Å²) >= 11 is 1.13. The number of carbonyl (C=O) groups excluding carboxylic acids is 1. The van der Waals surface area contributed by atoms with Crippen molar-refractivity contribution in [1.29, 1.82) is 0 Å². The highest BCUT2D eigenvalue weighted by Gasteiger charge is 2.14. The van der Waals surface area contributed by atoms with Crippen LogP contribution in [0.4, 0.5) is 0 Å². The minimum absolute atomic E-state index is 0.0933. The Labute approximate surface area is 116 Å². The molecule has 104 valence electrons. The molecule has 0 saturated heterocycles. The first-order valence-electron chi connectivity index (χ1n) is 6.02. The molecule has 19 heavy (non-hydrogen) atoms. The number of nitrogens with zero attached hydrogens (tertiary/aromatic N) is 1. The van der Waals surface area contributed by atoms with Gasteiger partial charge in [0.1, 0.15) is 5.03 Å². The summed E-state index contributed by atoms with van der Waals surface area (Å²) in [5, 5.41) is 12.2. The largest absolute Gasteiger partial charge is 0.478 e. The molecule has 6 heteroatoms. The van der Waals surface area contributed by atoms with Gasteiger partial charge >= 0.3 is 5.97 Å². The van der Waals surface area contributed by atoms with Gasteiger partial charge in [-0.3, -0.25) is 4.79 Å². The van der Waals surface area contributed by atoms with E-state index >= 15 is 0 Å². The van der Waals surface area contributed by atoms with Crippen LogP contribution in [0.15, 0.2) is 23.4 Å². The number of carbonyl (C=O) groups is 2. The lowest BCUT2D eigenvalue weighted by atomic mass is 10.1. The van der Waals surface area contributed by atoms with E-state index in [4.69, 9.17) is 5.11 Å². The van der Waals surface area contributed by atoms with E-state index in [1.807, 2.05) is 20.8 Å². The van der Waals surface area contributed by atoms with Crippen LogP contribution < -0.4 is 5.32 Å². The zero-order valence-corrected chi connectivity index (χ0v) is 12.0. The molecule has 5 nitrogen and oxygen atoms in total. The van der Waals surface area contributed by atoms with E-state index in [1.54, 1.807) is 6.07 Å². The smallest absolute Gasteiger partial charge is 0.338 e. The first-order chi connectivity index (χ1) is 8.91. The van der Waals surface area contributed by atoms with E-state index in [0.717, 1.165) is 11.8 Å². The van der Waals surface area contributed by atoms with Crippen LogP contribution in [0, 0.1) is 5.92 Å². The number of aromatic nitrogens is 1. The topological polar surface area (TPSA) is 79.3 Å². The molecule has 0 spiro atoms. The van der Waals surface area contributed by atoms with Crippen molar-refractivity contribution in [2.45, 2.75) is 31.8 Å². The third kappa shape index (κ3) is 4.90. The van der Waals surface area contributed by atoms with Gasteiger partial charge in [0.25, 0.3) is 0 Å². The Morgan fingerprint density at radius 3 is 2.68 bits per heavy atom. The van der Waals surface area contributed by atoms with Crippen LogP contribution in [0.25, 0.3) is 0 Å². The maximum absolute atomic E-state index is 11.7. The number of rotatable bonds is 6. The summed E-state index contributed by atoms with van der Waals surface area (Å²) in [7, 11) is 0. The van der Waals surface area contributed by atoms with Crippen LogP contribution in [-0.2, 0) is 4.79 Å². The van der Waals surface area contributed by atoms with Crippen LogP contribution in [0.5, 0.6) is 0 Å². The van der Waals surface area contributed by atoms with E-state index in [9.17, 15) is 9.59 Å². The summed E-state index contributed by atoms with van der Waals surface area (Å²) in [5.41, 5.74) is 0.122. The molecule has 1 heterocycles. The number of carboxylic acid groups (broad SMARTS) is 1. The van der Waals surface area contributed by atoms with E-state index in [2.05, 4.69) is 10.3 Å². The summed E-state index contributed by atoms with van der Waals surface area (Å²) < 4.78 is 0. The molecule has 0 aliphatic heterocycles. The van der Waals surface area contributed by atoms with Crippen LogP contribution in [0.3, 0.4) is 0 Å². The Morgan fingerprint density at radius 2 is 2.11 bits per heavy atom. The van der Waals surface area contributed by atoms with Crippen molar-refractivity contribution < 1.29 is 14.7 Å². The SMILES string of the molecule is CC(C)C(C)NC(=O)CSc1ncccc1C(=O)O. The predicted octanol–water partition coefficient (Wildman–Crippen LogP) is 2.03. The van der Waals surface area contributed by atoms with Gasteiger partial charge < -0.3 is 10.4 Å². The fourth-order valence-corrected chi connectivity index (χ4v) is 2.06. The van der Waals surface area contributed by atoms with Crippen molar-refractivity contribution in [2.24, 2.45) is 5.92 Å². The summed E-state index contributed by atoms with van der Waals surface area (Å²) in [5.74, 6) is -0.632. The molecule has 0 aromatic carbocycles. The Kier molecular flexibility index (Phi) is 5.82. The molecule has 1 atom stereocenters. The standard InChI is InChI=1S/C13H18N2O3S/c1-8(2)9(3)15-11(16)7-19-12-10(13(17)18)5-4-6-14-12/h4-6,8-9H,7H2,1-3H3,(H,15,16)(H,17,18). The van der Waals surface area contributed by atoms with Gasteiger partial charge in [-0.05, 0) is 25.0 Å². The quantitative estimate of drug-likeness (QED) is 0.780. The normalized spacial score (nSPS) is 12.2. The van der Waals surface area contributed by atoms with Gasteiger partial charge in [-0.2, -0.15) is 0 Å². The highest BCUT2D eigenvalue weighted by Crippen LogP contribution is 2.19. The lowest BCUT2D eigenvalue weighted by Crippen LogP contribution is -2.37. The van der Waals surface area contributed by atoms with Gasteiger partial charge in [0.05, 0.1) is 11.3 Å². The number of hydrogen-bond acceptors (Lipinski definition) is 4. The molecule has 2 N–H and O–H groups in total. The first-order valence-corrected chi connectivity index (χ1v) is 7.01. The second kappa shape index (κ2) is 7.13. The lowest BCUT2D eigenvalue weighted by molar-refractivity contribution is -0.119. The molecular formula is C13H18N2O3S. The van der Waals surface area contributed by atoms with Gasteiger partial charge in [0, 0.05) is 12.2 Å². The van der Waals surface area contributed by atoms with Gasteiger partial charge in [-0.25, -0.2) is 9.78 Å². The van der Waals surface area contributed by atoms with Crippen molar-refractivity contribution in [3.63, 3.8) is 0 Å². The Hall–Kier alpha value is -1.56. The number of thioether (sulfide) groups is 1. The molecule has 0 radical (unpaired) electrons. The van der Waals surface area contributed by atoms with Crippen molar-refractivity contribution >= 4 is 23.6 Å². The zero-order valence-electron chi connectivity index (χ0n) is 11.2. The second-order valence-corrected chi connectivity index (χ2v) is 5.51. The average Bonchev–Trinajstić information content (AvgIpc) is 2.36. The van der Waals surface area contributed by atoms with Gasteiger partial charge in [0.15, 0.2) is 0 Å². The number of carboxylic acids is 1. The maximum atomic E-state index is 11.7. The molecular weight excluding hydrogens is 264 g/mol. The number of nitrogens with one attached hydrogen (secondary N) is 1. The fraction of sp³-hybridized carbons (Fsp3) is 0.462. The number of pyridine rings is 1. The Balaban J connectivity index is 2.58. The van der Waals surface area contributed by atoms with Crippen molar-refractivity contribution in [1.82, 2.24) is 10.3 Å². The van der Waals surface area contributed by atoms with E-state index < -0.39 is 5.97 Å². The Morgan fingerprint density at radius 1 is 1.42 bits per heavy atom. The van der Waals surface area contributed by atoms with E-state index in [-0.39, 0.29) is 23.3 Å². The summed E-state index contributed by atoms with van der Waals surface area (Å²) in [4.78, 5) is 26.7. The van der Waals surface area contributed by atoms with Crippen molar-refractivity contribution in [3.8, 4) is 0 Å². The molecule has 1 aromatic heterocycles. The van der Waals surface area contributed by atoms with Gasteiger partial charge in [-0.1, -0.05) is 25.6 Å². The number of aromatic carboxylic acids is 1. The second-order valence-electron chi connectivity index (χ2n) is 4.55. The maximum Gasteiger partial charge on any atom is 0.338 e. The first kappa shape index (κ1) is 15.5. The Bertz CT molecular complexity index is 463. The molecule has 0 saturated carbocycles. The van der Waals surface area contributed by atoms with E-state index in [1.165, 1.54) is 12.3 Å². The molecule has 1 aromatic rings. The highest BCUT2D eigenvalue weighted by molar-refractivity contribution is 8.00. The van der Waals surface area contributed by atoms with Crippen molar-refractivity contribution in [3.05, 3.63) is 23.9 Å². The summed E-state index contributed by atoms with van der Waals surface area (Å²) in [6.07, 6.45) is 1.52. The minimum atomic E-state index is -1.04. The van der Waals surface area contributed by atoms with Gasteiger partial charge in [0.2, 0.25) is 5.91 Å². The van der Waals surface area contributed by atoms with E-state index in [0.29, 0.717) is 10.9 Å². The molecule has 0 aliphatic rings. The van der Waals surface area contributed by atoms with Crippen LogP contribution in [0.2, 0.25) is 0 Å². The molecule has 1 rings (SSSR count). The third-order valence-electron chi connectivity index (χ3n) is 2.73. The zero-order chi connectivity index (χ0) is 14.4. The fourth-order valence-electron chi connectivity index (χ4n) is 1.26. The summed E-state index contributed by atoms with van der Waals surface area (Å²) in [6.45, 7) is 6.00. The highest BCUT2D eigenvalue weighted by atomic mass is 32.2. The third-order valence-corrected chi connectivity index (χ3v) is 3.74.